The van der Waals surface area contributed by atoms with Crippen LogP contribution in [0, 0.1) is 0 Å². The van der Waals surface area contributed by atoms with Crippen LogP contribution in [0.15, 0.2) is 247 Å². The number of hydrogen-bond donors (Lipinski definition) is 0. The molecular formula is C57H40N4O. The second-order valence-corrected chi connectivity index (χ2v) is 15.3. The molecule has 1 aromatic heterocycles. The fourth-order valence-corrected chi connectivity index (χ4v) is 8.53. The Kier molecular flexibility index (Phi) is 9.45. The third-order valence-corrected chi connectivity index (χ3v) is 11.4. The first-order valence-corrected chi connectivity index (χ1v) is 20.9. The molecule has 0 amide bonds. The zero-order valence-electron chi connectivity index (χ0n) is 33.8. The van der Waals surface area contributed by atoms with Crippen molar-refractivity contribution in [2.75, 3.05) is 14.7 Å². The van der Waals surface area contributed by atoms with Crippen molar-refractivity contribution in [3.63, 3.8) is 0 Å². The summed E-state index contributed by atoms with van der Waals surface area (Å²) in [4.78, 5) is 12.0. The molecule has 0 saturated heterocycles. The molecule has 1 heterocycles. The number of rotatable bonds is 10. The SMILES string of the molecule is c1ccc(-c2nc3c(ccc4ccc5ccc(N(c6ccccc6)c6cccc(N(c7ccccc7)c7ccc(N(c8ccccc8)c8ccccc8)cc7)c6)cc5c43)o2)cc1. The van der Waals surface area contributed by atoms with Crippen molar-refractivity contribution in [2.24, 2.45) is 0 Å². The maximum atomic E-state index is 6.37. The van der Waals surface area contributed by atoms with Gasteiger partial charge in [0.05, 0.1) is 0 Å². The van der Waals surface area contributed by atoms with E-state index in [1.807, 2.05) is 36.4 Å². The van der Waals surface area contributed by atoms with E-state index >= 15 is 0 Å². The van der Waals surface area contributed by atoms with Gasteiger partial charge in [-0.15, -0.1) is 0 Å². The highest BCUT2D eigenvalue weighted by atomic mass is 16.3. The number of benzene rings is 10. The van der Waals surface area contributed by atoms with Crippen LogP contribution in [0.25, 0.3) is 44.1 Å². The zero-order valence-corrected chi connectivity index (χ0v) is 33.8. The minimum atomic E-state index is 0.617. The monoisotopic (exact) mass is 796 g/mol. The van der Waals surface area contributed by atoms with Gasteiger partial charge in [0.25, 0.3) is 0 Å². The van der Waals surface area contributed by atoms with Crippen molar-refractivity contribution in [1.29, 1.82) is 0 Å². The molecule has 0 fully saturated rings. The molecule has 0 bridgehead atoms. The van der Waals surface area contributed by atoms with E-state index in [-0.39, 0.29) is 0 Å². The Morgan fingerprint density at radius 3 is 1.21 bits per heavy atom. The molecule has 0 unspecified atom stereocenters. The third kappa shape index (κ3) is 6.87. The van der Waals surface area contributed by atoms with E-state index in [4.69, 9.17) is 9.40 Å². The summed E-state index contributed by atoms with van der Waals surface area (Å²) in [6.45, 7) is 0. The van der Waals surface area contributed by atoms with Crippen LogP contribution < -0.4 is 14.7 Å². The molecule has 5 heteroatoms. The van der Waals surface area contributed by atoms with Gasteiger partial charge in [-0.2, -0.15) is 0 Å². The van der Waals surface area contributed by atoms with Crippen molar-refractivity contribution < 1.29 is 4.42 Å². The molecule has 11 aromatic rings. The number of hydrogen-bond acceptors (Lipinski definition) is 5. The third-order valence-electron chi connectivity index (χ3n) is 11.4. The maximum absolute atomic E-state index is 6.37. The zero-order chi connectivity index (χ0) is 41.2. The highest BCUT2D eigenvalue weighted by Gasteiger charge is 2.20. The van der Waals surface area contributed by atoms with Gasteiger partial charge in [-0.1, -0.05) is 121 Å². The lowest BCUT2D eigenvalue weighted by atomic mass is 10.00. The fourth-order valence-electron chi connectivity index (χ4n) is 8.53. The number of aromatic nitrogens is 1. The molecule has 0 aliphatic heterocycles. The summed E-state index contributed by atoms with van der Waals surface area (Å²) in [7, 11) is 0. The lowest BCUT2D eigenvalue weighted by Gasteiger charge is -2.30. The van der Waals surface area contributed by atoms with Crippen LogP contribution in [-0.4, -0.2) is 4.98 Å². The van der Waals surface area contributed by atoms with Crippen LogP contribution in [0.5, 0.6) is 0 Å². The number of anilines is 9. The van der Waals surface area contributed by atoms with Crippen LogP contribution in [-0.2, 0) is 0 Å². The molecule has 5 nitrogen and oxygen atoms in total. The molecule has 0 radical (unpaired) electrons. The maximum Gasteiger partial charge on any atom is 0.227 e. The molecule has 0 atom stereocenters. The summed E-state index contributed by atoms with van der Waals surface area (Å²) in [5.74, 6) is 0.617. The Hall–Kier alpha value is -8.41. The van der Waals surface area contributed by atoms with Crippen LogP contribution >= 0.6 is 0 Å². The van der Waals surface area contributed by atoms with Gasteiger partial charge >= 0.3 is 0 Å². The topological polar surface area (TPSA) is 35.8 Å². The second kappa shape index (κ2) is 16.0. The Bertz CT molecular complexity index is 3240. The lowest BCUT2D eigenvalue weighted by Crippen LogP contribution is -2.13. The molecule has 11 rings (SSSR count). The number of fused-ring (bicyclic) bond motifs is 5. The van der Waals surface area contributed by atoms with E-state index in [1.54, 1.807) is 0 Å². The summed E-state index contributed by atoms with van der Waals surface area (Å²) < 4.78 is 6.37. The van der Waals surface area contributed by atoms with Gasteiger partial charge < -0.3 is 19.1 Å². The van der Waals surface area contributed by atoms with Crippen LogP contribution in [0.1, 0.15) is 0 Å². The first-order valence-electron chi connectivity index (χ1n) is 20.9. The minimum Gasteiger partial charge on any atom is -0.436 e. The highest BCUT2D eigenvalue weighted by molar-refractivity contribution is 6.19. The van der Waals surface area contributed by atoms with Crippen molar-refractivity contribution in [2.45, 2.75) is 0 Å². The van der Waals surface area contributed by atoms with E-state index in [0.29, 0.717) is 5.89 Å². The molecule has 0 saturated carbocycles. The largest absolute Gasteiger partial charge is 0.436 e. The highest BCUT2D eigenvalue weighted by Crippen LogP contribution is 2.44. The molecule has 0 spiro atoms. The molecule has 10 aromatic carbocycles. The summed E-state index contributed by atoms with van der Waals surface area (Å²) in [5.41, 5.74) is 12.1. The number of oxazole rings is 1. The van der Waals surface area contributed by atoms with E-state index < -0.39 is 0 Å². The molecule has 0 N–H and O–H groups in total. The van der Waals surface area contributed by atoms with Gasteiger partial charge in [0.15, 0.2) is 5.58 Å². The summed E-state index contributed by atoms with van der Waals surface area (Å²) in [5, 5.41) is 4.44. The molecule has 62 heavy (non-hydrogen) atoms. The molecular weight excluding hydrogens is 757 g/mol. The number of nitrogens with zero attached hydrogens (tertiary/aromatic N) is 4. The summed E-state index contributed by atoms with van der Waals surface area (Å²) >= 11 is 0. The van der Waals surface area contributed by atoms with E-state index in [2.05, 4.69) is 221 Å². The van der Waals surface area contributed by atoms with Gasteiger partial charge in [0, 0.05) is 62.1 Å². The second-order valence-electron chi connectivity index (χ2n) is 15.3. The average molecular weight is 797 g/mol. The van der Waals surface area contributed by atoms with Crippen molar-refractivity contribution in [3.05, 3.63) is 243 Å². The van der Waals surface area contributed by atoms with Crippen LogP contribution in [0.3, 0.4) is 0 Å². The van der Waals surface area contributed by atoms with Crippen molar-refractivity contribution in [3.8, 4) is 11.5 Å². The fraction of sp³-hybridized carbons (Fsp3) is 0. The van der Waals surface area contributed by atoms with Crippen LogP contribution in [0.2, 0.25) is 0 Å². The first-order chi connectivity index (χ1) is 30.7. The first kappa shape index (κ1) is 36.7. The average Bonchev–Trinajstić information content (AvgIpc) is 3.79. The predicted molar refractivity (Wildman–Crippen MR) is 259 cm³/mol. The number of para-hydroxylation sites is 4. The van der Waals surface area contributed by atoms with Gasteiger partial charge in [0.1, 0.15) is 5.52 Å². The van der Waals surface area contributed by atoms with Gasteiger partial charge in [0.2, 0.25) is 5.89 Å². The van der Waals surface area contributed by atoms with Gasteiger partial charge in [-0.3, -0.25) is 0 Å². The predicted octanol–water partition coefficient (Wildman–Crippen LogP) is 16.2. The summed E-state index contributed by atoms with van der Waals surface area (Å²) in [6, 6.07) is 85.2. The van der Waals surface area contributed by atoms with E-state index in [9.17, 15) is 0 Å². The minimum absolute atomic E-state index is 0.617. The Morgan fingerprint density at radius 1 is 0.306 bits per heavy atom. The van der Waals surface area contributed by atoms with Gasteiger partial charge in [-0.05, 0) is 137 Å². The quantitative estimate of drug-likeness (QED) is 0.129. The Labute approximate surface area is 360 Å². The lowest BCUT2D eigenvalue weighted by molar-refractivity contribution is 0.620. The summed E-state index contributed by atoms with van der Waals surface area (Å²) in [6.07, 6.45) is 0. The van der Waals surface area contributed by atoms with Crippen LogP contribution in [0.4, 0.5) is 51.2 Å². The standard InChI is InChI=1S/C57H40N4O/c1-6-17-43(18-7-1)57-58-56-54(62-57)38-32-42-30-29-41-31-33-52(40-53(41)55(42)56)61(47-25-14-5-15-26-47)51-28-16-27-50(39-51)60(46-23-12-4-13-24-46)49-36-34-48(35-37-49)59(44-19-8-2-9-20-44)45-21-10-3-11-22-45/h1-40H. The Balaban J connectivity index is 1.03. The normalized spacial score (nSPS) is 11.2. The molecule has 0 aliphatic rings. The molecule has 0 aliphatic carbocycles. The molecule has 294 valence electrons. The van der Waals surface area contributed by atoms with Crippen molar-refractivity contribution in [1.82, 2.24) is 4.98 Å². The van der Waals surface area contributed by atoms with E-state index in [1.165, 1.54) is 0 Å². The van der Waals surface area contributed by atoms with E-state index in [0.717, 1.165) is 89.4 Å². The smallest absolute Gasteiger partial charge is 0.227 e. The van der Waals surface area contributed by atoms with Crippen molar-refractivity contribution >= 4 is 83.8 Å². The Morgan fingerprint density at radius 2 is 0.677 bits per heavy atom. The van der Waals surface area contributed by atoms with Gasteiger partial charge in [-0.25, -0.2) is 4.98 Å².